The Morgan fingerprint density at radius 2 is 2.21 bits per heavy atom. The van der Waals surface area contributed by atoms with E-state index in [0.29, 0.717) is 6.04 Å². The normalized spacial score (nSPS) is 24.8. The van der Waals surface area contributed by atoms with Gasteiger partial charge in [0.25, 0.3) is 0 Å². The van der Waals surface area contributed by atoms with Crippen LogP contribution in [0.2, 0.25) is 0 Å². The number of carbonyl (C=O) groups is 1. The molecule has 1 aliphatic rings. The number of amides is 1. The largest absolute Gasteiger partial charge is 0.349 e. The highest BCUT2D eigenvalue weighted by molar-refractivity contribution is 9.10. The number of benzene rings is 1. The van der Waals surface area contributed by atoms with Gasteiger partial charge in [-0.3, -0.25) is 4.79 Å². The van der Waals surface area contributed by atoms with E-state index in [1.165, 1.54) is 0 Å². The van der Waals surface area contributed by atoms with Gasteiger partial charge in [0.15, 0.2) is 0 Å². The standard InChI is InChI=1S/C15H21BrN2O/c1-10-9-12(7-8-17-10)15(19)18-11(2)13-5-3-4-6-14(13)16/h3-6,10-12,17H,7-9H2,1-2H3,(H,18,19)/t10-,11?,12-/m0/s1. The minimum Gasteiger partial charge on any atom is -0.349 e. The summed E-state index contributed by atoms with van der Waals surface area (Å²) in [5.41, 5.74) is 1.12. The molecule has 0 aromatic heterocycles. The highest BCUT2D eigenvalue weighted by Crippen LogP contribution is 2.24. The number of nitrogens with one attached hydrogen (secondary N) is 2. The van der Waals surface area contributed by atoms with E-state index >= 15 is 0 Å². The molecule has 3 atom stereocenters. The zero-order valence-electron chi connectivity index (χ0n) is 11.4. The van der Waals surface area contributed by atoms with Crippen molar-refractivity contribution in [2.75, 3.05) is 6.54 Å². The first kappa shape index (κ1) is 14.5. The lowest BCUT2D eigenvalue weighted by atomic mass is 9.92. The van der Waals surface area contributed by atoms with E-state index in [4.69, 9.17) is 0 Å². The molecule has 1 saturated heterocycles. The SMILES string of the molecule is CC(NC(=O)[C@H]1CCN[C@@H](C)C1)c1ccccc1Br. The summed E-state index contributed by atoms with van der Waals surface area (Å²) in [6.07, 6.45) is 1.85. The van der Waals surface area contributed by atoms with Crippen molar-refractivity contribution in [2.24, 2.45) is 5.92 Å². The number of hydrogen-bond donors (Lipinski definition) is 2. The Bertz CT molecular complexity index is 450. The third kappa shape index (κ3) is 3.80. The Balaban J connectivity index is 1.97. The van der Waals surface area contributed by atoms with Crippen molar-refractivity contribution in [3.63, 3.8) is 0 Å². The molecule has 2 N–H and O–H groups in total. The summed E-state index contributed by atoms with van der Waals surface area (Å²) in [6.45, 7) is 5.10. The fraction of sp³-hybridized carbons (Fsp3) is 0.533. The lowest BCUT2D eigenvalue weighted by Crippen LogP contribution is -2.43. The van der Waals surface area contributed by atoms with Crippen LogP contribution < -0.4 is 10.6 Å². The van der Waals surface area contributed by atoms with Gasteiger partial charge in [-0.1, -0.05) is 34.1 Å². The quantitative estimate of drug-likeness (QED) is 0.897. The first-order valence-corrected chi connectivity index (χ1v) is 7.65. The van der Waals surface area contributed by atoms with E-state index in [9.17, 15) is 4.79 Å². The van der Waals surface area contributed by atoms with E-state index in [0.717, 1.165) is 29.4 Å². The summed E-state index contributed by atoms with van der Waals surface area (Å²) in [5.74, 6) is 0.317. The maximum absolute atomic E-state index is 12.3. The highest BCUT2D eigenvalue weighted by atomic mass is 79.9. The lowest BCUT2D eigenvalue weighted by molar-refractivity contribution is -0.126. The highest BCUT2D eigenvalue weighted by Gasteiger charge is 2.25. The zero-order valence-corrected chi connectivity index (χ0v) is 13.0. The summed E-state index contributed by atoms with van der Waals surface area (Å²) in [4.78, 5) is 12.3. The Kier molecular flexibility index (Phi) is 4.99. The van der Waals surface area contributed by atoms with Crippen LogP contribution in [0.25, 0.3) is 0 Å². The Morgan fingerprint density at radius 3 is 2.89 bits per heavy atom. The molecule has 1 aromatic carbocycles. The smallest absolute Gasteiger partial charge is 0.223 e. The second kappa shape index (κ2) is 6.53. The van der Waals surface area contributed by atoms with Gasteiger partial charge >= 0.3 is 0 Å². The van der Waals surface area contributed by atoms with Crippen molar-refractivity contribution < 1.29 is 4.79 Å². The summed E-state index contributed by atoms with van der Waals surface area (Å²) in [7, 11) is 0. The Morgan fingerprint density at radius 1 is 1.47 bits per heavy atom. The molecule has 0 radical (unpaired) electrons. The molecule has 19 heavy (non-hydrogen) atoms. The molecule has 2 rings (SSSR count). The van der Waals surface area contributed by atoms with Crippen LogP contribution >= 0.6 is 15.9 Å². The third-order valence-corrected chi connectivity index (χ3v) is 4.45. The van der Waals surface area contributed by atoms with Crippen molar-refractivity contribution >= 4 is 21.8 Å². The van der Waals surface area contributed by atoms with Crippen LogP contribution in [-0.2, 0) is 4.79 Å². The Labute approximate surface area is 123 Å². The van der Waals surface area contributed by atoms with Gasteiger partial charge in [-0.2, -0.15) is 0 Å². The number of halogens is 1. The summed E-state index contributed by atoms with van der Waals surface area (Å²) in [5, 5.41) is 6.50. The maximum atomic E-state index is 12.3. The van der Waals surface area contributed by atoms with Crippen LogP contribution in [0.15, 0.2) is 28.7 Å². The molecule has 1 heterocycles. The third-order valence-electron chi connectivity index (χ3n) is 3.72. The van der Waals surface area contributed by atoms with E-state index in [1.807, 2.05) is 31.2 Å². The van der Waals surface area contributed by atoms with Gasteiger partial charge in [0.2, 0.25) is 5.91 Å². The number of piperidine rings is 1. The average molecular weight is 325 g/mol. The molecule has 0 bridgehead atoms. The monoisotopic (exact) mass is 324 g/mol. The fourth-order valence-corrected chi connectivity index (χ4v) is 3.23. The van der Waals surface area contributed by atoms with Gasteiger partial charge in [0, 0.05) is 16.4 Å². The van der Waals surface area contributed by atoms with E-state index < -0.39 is 0 Å². The van der Waals surface area contributed by atoms with Gasteiger partial charge < -0.3 is 10.6 Å². The molecular formula is C15H21BrN2O. The van der Waals surface area contributed by atoms with E-state index in [2.05, 4.69) is 33.5 Å². The lowest BCUT2D eigenvalue weighted by Gasteiger charge is -2.28. The molecule has 1 aliphatic heterocycles. The molecule has 0 saturated carbocycles. The van der Waals surface area contributed by atoms with Crippen molar-refractivity contribution in [1.29, 1.82) is 0 Å². The molecule has 4 heteroatoms. The minimum absolute atomic E-state index is 0.0354. The summed E-state index contributed by atoms with van der Waals surface area (Å²) in [6, 6.07) is 8.49. The van der Waals surface area contributed by atoms with Crippen molar-refractivity contribution in [3.8, 4) is 0 Å². The Hall–Kier alpha value is -0.870. The van der Waals surface area contributed by atoms with Gasteiger partial charge in [-0.15, -0.1) is 0 Å². The fourth-order valence-electron chi connectivity index (χ4n) is 2.61. The van der Waals surface area contributed by atoms with Crippen LogP contribution in [-0.4, -0.2) is 18.5 Å². The van der Waals surface area contributed by atoms with Gasteiger partial charge in [-0.25, -0.2) is 0 Å². The average Bonchev–Trinajstić information content (AvgIpc) is 2.39. The van der Waals surface area contributed by atoms with Crippen LogP contribution in [0.1, 0.15) is 38.3 Å². The van der Waals surface area contributed by atoms with Crippen molar-refractivity contribution in [3.05, 3.63) is 34.3 Å². The van der Waals surface area contributed by atoms with Crippen LogP contribution in [0.5, 0.6) is 0 Å². The number of rotatable bonds is 3. The molecule has 1 aromatic rings. The van der Waals surface area contributed by atoms with Gasteiger partial charge in [0.1, 0.15) is 0 Å². The van der Waals surface area contributed by atoms with E-state index in [-0.39, 0.29) is 17.9 Å². The molecule has 3 nitrogen and oxygen atoms in total. The molecule has 104 valence electrons. The molecule has 1 unspecified atom stereocenters. The molecule has 0 aliphatic carbocycles. The number of hydrogen-bond acceptors (Lipinski definition) is 2. The predicted molar refractivity (Wildman–Crippen MR) is 80.9 cm³/mol. The first-order valence-electron chi connectivity index (χ1n) is 6.86. The second-order valence-electron chi connectivity index (χ2n) is 5.33. The first-order chi connectivity index (χ1) is 9.08. The topological polar surface area (TPSA) is 41.1 Å². The predicted octanol–water partition coefficient (Wildman–Crippen LogP) is 3.01. The van der Waals surface area contributed by atoms with Gasteiger partial charge in [0.05, 0.1) is 6.04 Å². The van der Waals surface area contributed by atoms with Crippen molar-refractivity contribution in [2.45, 2.75) is 38.8 Å². The second-order valence-corrected chi connectivity index (χ2v) is 6.18. The zero-order chi connectivity index (χ0) is 13.8. The molecule has 0 spiro atoms. The maximum Gasteiger partial charge on any atom is 0.223 e. The summed E-state index contributed by atoms with van der Waals surface area (Å²) >= 11 is 3.53. The summed E-state index contributed by atoms with van der Waals surface area (Å²) < 4.78 is 1.04. The molecule has 1 fully saturated rings. The molecular weight excluding hydrogens is 304 g/mol. The van der Waals surface area contributed by atoms with Crippen molar-refractivity contribution in [1.82, 2.24) is 10.6 Å². The molecule has 1 amide bonds. The minimum atomic E-state index is 0.0354. The van der Waals surface area contributed by atoms with E-state index in [1.54, 1.807) is 0 Å². The number of carbonyl (C=O) groups excluding carboxylic acids is 1. The van der Waals surface area contributed by atoms with Crippen LogP contribution in [0.3, 0.4) is 0 Å². The van der Waals surface area contributed by atoms with Crippen LogP contribution in [0, 0.1) is 5.92 Å². The van der Waals surface area contributed by atoms with Crippen LogP contribution in [0.4, 0.5) is 0 Å². The van der Waals surface area contributed by atoms with Gasteiger partial charge in [-0.05, 0) is 44.9 Å².